The molecule has 2 aromatic rings. The molecule has 2 amide bonds. The molecule has 132 valence electrons. The van der Waals surface area contributed by atoms with Gasteiger partial charge in [0.15, 0.2) is 0 Å². The summed E-state index contributed by atoms with van der Waals surface area (Å²) in [5.41, 5.74) is 0.516. The summed E-state index contributed by atoms with van der Waals surface area (Å²) in [6.07, 6.45) is 0.0271. The molecule has 1 aliphatic heterocycles. The van der Waals surface area contributed by atoms with Crippen LogP contribution in [0.2, 0.25) is 0 Å². The molecule has 9 heteroatoms. The molecular weight excluding hydrogens is 326 g/mol. The number of rotatable bonds is 5. The third kappa shape index (κ3) is 3.54. The maximum absolute atomic E-state index is 12.3. The van der Waals surface area contributed by atoms with E-state index in [0.717, 1.165) is 0 Å². The van der Waals surface area contributed by atoms with Gasteiger partial charge in [-0.05, 0) is 19.1 Å². The number of nitrogens with one attached hydrogen (secondary N) is 2. The van der Waals surface area contributed by atoms with Crippen molar-refractivity contribution in [3.8, 4) is 11.5 Å². The van der Waals surface area contributed by atoms with Crippen molar-refractivity contribution < 1.29 is 19.1 Å². The first-order valence-electron chi connectivity index (χ1n) is 7.74. The van der Waals surface area contributed by atoms with E-state index < -0.39 is 5.92 Å². The van der Waals surface area contributed by atoms with Crippen LogP contribution in [0.4, 0.5) is 11.6 Å². The monoisotopic (exact) mass is 345 g/mol. The number of amides is 2. The first-order valence-corrected chi connectivity index (χ1v) is 7.74. The summed E-state index contributed by atoms with van der Waals surface area (Å²) in [7, 11) is 3.06. The van der Waals surface area contributed by atoms with Crippen LogP contribution in [0.15, 0.2) is 18.2 Å². The number of aryl methyl sites for hydroxylation is 1. The number of hydrogen-bond acceptors (Lipinski definition) is 6. The molecule has 0 spiro atoms. The number of anilines is 2. The zero-order valence-electron chi connectivity index (χ0n) is 14.2. The molecule has 0 saturated heterocycles. The Labute approximate surface area is 144 Å². The van der Waals surface area contributed by atoms with Gasteiger partial charge in [0.25, 0.3) is 0 Å². The Bertz CT molecular complexity index is 817. The van der Waals surface area contributed by atoms with Gasteiger partial charge in [-0.1, -0.05) is 0 Å². The van der Waals surface area contributed by atoms with E-state index in [0.29, 0.717) is 35.5 Å². The fourth-order valence-corrected chi connectivity index (χ4v) is 2.66. The van der Waals surface area contributed by atoms with Gasteiger partial charge in [0.2, 0.25) is 17.8 Å². The molecule has 1 atom stereocenters. The zero-order chi connectivity index (χ0) is 18.0. The Morgan fingerprint density at radius 1 is 1.40 bits per heavy atom. The summed E-state index contributed by atoms with van der Waals surface area (Å²) in [6.45, 7) is 2.06. The second kappa shape index (κ2) is 6.80. The lowest BCUT2D eigenvalue weighted by Crippen LogP contribution is -2.36. The topological polar surface area (TPSA) is 107 Å². The highest BCUT2D eigenvalue weighted by molar-refractivity contribution is 5.98. The lowest BCUT2D eigenvalue weighted by Gasteiger charge is -2.22. The smallest absolute Gasteiger partial charge is 0.232 e. The number of fused-ring (bicyclic) bond motifs is 1. The summed E-state index contributed by atoms with van der Waals surface area (Å²) < 4.78 is 12.0. The first-order chi connectivity index (χ1) is 12.0. The van der Waals surface area contributed by atoms with Crippen molar-refractivity contribution in [2.45, 2.75) is 19.9 Å². The molecule has 0 saturated carbocycles. The lowest BCUT2D eigenvalue weighted by atomic mass is 10.0. The van der Waals surface area contributed by atoms with E-state index >= 15 is 0 Å². The van der Waals surface area contributed by atoms with Crippen LogP contribution < -0.4 is 20.1 Å². The number of ether oxygens (including phenoxy) is 2. The summed E-state index contributed by atoms with van der Waals surface area (Å²) in [5.74, 6) is 1.04. The molecule has 0 radical (unpaired) electrons. The van der Waals surface area contributed by atoms with Crippen molar-refractivity contribution in [3.63, 3.8) is 0 Å². The van der Waals surface area contributed by atoms with Gasteiger partial charge in [-0.25, -0.2) is 4.68 Å². The van der Waals surface area contributed by atoms with E-state index in [9.17, 15) is 9.59 Å². The molecule has 1 aromatic heterocycles. The zero-order valence-corrected chi connectivity index (χ0v) is 14.2. The molecule has 0 bridgehead atoms. The summed E-state index contributed by atoms with van der Waals surface area (Å²) in [5, 5.41) is 9.63. The van der Waals surface area contributed by atoms with Gasteiger partial charge in [0.1, 0.15) is 17.3 Å². The molecule has 0 fully saturated rings. The van der Waals surface area contributed by atoms with Gasteiger partial charge in [0.05, 0.1) is 32.4 Å². The molecule has 2 heterocycles. The fourth-order valence-electron chi connectivity index (χ4n) is 2.66. The SMILES string of the molecule is COc1ccc(NC(=O)CC2Cn3nc(C)nc3NC2=O)c(OC)c1. The van der Waals surface area contributed by atoms with E-state index in [1.54, 1.807) is 36.9 Å². The van der Waals surface area contributed by atoms with Crippen LogP contribution in [0.25, 0.3) is 0 Å². The lowest BCUT2D eigenvalue weighted by molar-refractivity contribution is -0.126. The Hall–Kier alpha value is -3.10. The number of benzene rings is 1. The molecule has 1 unspecified atom stereocenters. The molecule has 3 rings (SSSR count). The Kier molecular flexibility index (Phi) is 4.55. The van der Waals surface area contributed by atoms with Crippen molar-refractivity contribution in [3.05, 3.63) is 24.0 Å². The predicted octanol–water partition coefficient (Wildman–Crippen LogP) is 1.20. The van der Waals surface area contributed by atoms with E-state index in [4.69, 9.17) is 9.47 Å². The van der Waals surface area contributed by atoms with Crippen LogP contribution >= 0.6 is 0 Å². The first kappa shape index (κ1) is 16.7. The largest absolute Gasteiger partial charge is 0.497 e. The van der Waals surface area contributed by atoms with Crippen LogP contribution in [0.5, 0.6) is 11.5 Å². The van der Waals surface area contributed by atoms with Crippen molar-refractivity contribution >= 4 is 23.5 Å². The van der Waals surface area contributed by atoms with Crippen LogP contribution in [0.3, 0.4) is 0 Å². The number of methoxy groups -OCH3 is 2. The minimum absolute atomic E-state index is 0.0271. The van der Waals surface area contributed by atoms with E-state index in [1.807, 2.05) is 0 Å². The Balaban J connectivity index is 1.68. The highest BCUT2D eigenvalue weighted by atomic mass is 16.5. The number of nitrogens with zero attached hydrogens (tertiary/aromatic N) is 3. The minimum atomic E-state index is -0.516. The summed E-state index contributed by atoms with van der Waals surface area (Å²) in [6, 6.07) is 5.08. The number of aromatic nitrogens is 3. The molecule has 25 heavy (non-hydrogen) atoms. The second-order valence-electron chi connectivity index (χ2n) is 5.67. The second-order valence-corrected chi connectivity index (χ2v) is 5.67. The maximum Gasteiger partial charge on any atom is 0.232 e. The quantitative estimate of drug-likeness (QED) is 0.843. The van der Waals surface area contributed by atoms with Gasteiger partial charge in [-0.15, -0.1) is 0 Å². The standard InChI is InChI=1S/C16H19N5O4/c1-9-17-16-19-15(23)10(8-21(16)20-9)6-14(22)18-12-5-4-11(24-2)7-13(12)25-3/h4-5,7,10H,6,8H2,1-3H3,(H,18,22)(H,17,19,20,23). The van der Waals surface area contributed by atoms with Crippen molar-refractivity contribution in [2.24, 2.45) is 5.92 Å². The number of carbonyl (C=O) groups excluding carboxylic acids is 2. The minimum Gasteiger partial charge on any atom is -0.497 e. The Morgan fingerprint density at radius 3 is 2.92 bits per heavy atom. The van der Waals surface area contributed by atoms with Crippen molar-refractivity contribution in [2.75, 3.05) is 24.9 Å². The van der Waals surface area contributed by atoms with E-state index in [-0.39, 0.29) is 18.2 Å². The molecule has 2 N–H and O–H groups in total. The van der Waals surface area contributed by atoms with E-state index in [1.165, 1.54) is 7.11 Å². The van der Waals surface area contributed by atoms with Crippen LogP contribution in [0, 0.1) is 12.8 Å². The highest BCUT2D eigenvalue weighted by Crippen LogP contribution is 2.29. The van der Waals surface area contributed by atoms with E-state index in [2.05, 4.69) is 20.7 Å². The van der Waals surface area contributed by atoms with Crippen molar-refractivity contribution in [1.82, 2.24) is 14.8 Å². The van der Waals surface area contributed by atoms with Crippen molar-refractivity contribution in [1.29, 1.82) is 0 Å². The molecule has 9 nitrogen and oxygen atoms in total. The van der Waals surface area contributed by atoms with Gasteiger partial charge in [0, 0.05) is 12.5 Å². The summed E-state index contributed by atoms with van der Waals surface area (Å²) in [4.78, 5) is 28.6. The van der Waals surface area contributed by atoms with Gasteiger partial charge in [-0.3, -0.25) is 14.9 Å². The van der Waals surface area contributed by atoms with Gasteiger partial charge in [-0.2, -0.15) is 10.1 Å². The van der Waals surface area contributed by atoms with Crippen LogP contribution in [-0.4, -0.2) is 40.8 Å². The maximum atomic E-state index is 12.3. The normalized spacial score (nSPS) is 16.0. The third-order valence-electron chi connectivity index (χ3n) is 3.89. The number of hydrogen-bond donors (Lipinski definition) is 2. The van der Waals surface area contributed by atoms with Gasteiger partial charge >= 0.3 is 0 Å². The predicted molar refractivity (Wildman–Crippen MR) is 89.7 cm³/mol. The molecule has 1 aromatic carbocycles. The van der Waals surface area contributed by atoms with Crippen LogP contribution in [0.1, 0.15) is 12.2 Å². The van der Waals surface area contributed by atoms with Crippen LogP contribution in [-0.2, 0) is 16.1 Å². The Morgan fingerprint density at radius 2 is 2.20 bits per heavy atom. The third-order valence-corrected chi connectivity index (χ3v) is 3.89. The average molecular weight is 345 g/mol. The van der Waals surface area contributed by atoms with Gasteiger partial charge < -0.3 is 14.8 Å². The number of carbonyl (C=O) groups is 2. The molecular formula is C16H19N5O4. The molecule has 1 aliphatic rings. The average Bonchev–Trinajstić information content (AvgIpc) is 2.94. The highest BCUT2D eigenvalue weighted by Gasteiger charge is 2.30. The summed E-state index contributed by atoms with van der Waals surface area (Å²) >= 11 is 0. The fraction of sp³-hybridized carbons (Fsp3) is 0.375. The molecule has 0 aliphatic carbocycles.